The normalized spacial score (nSPS) is 22.3. The summed E-state index contributed by atoms with van der Waals surface area (Å²) in [5.74, 6) is 2.34. The van der Waals surface area contributed by atoms with Crippen LogP contribution in [0.3, 0.4) is 0 Å². The molecule has 2 aliphatic heterocycles. The zero-order valence-electron chi connectivity index (χ0n) is 12.8. The van der Waals surface area contributed by atoms with E-state index in [2.05, 4.69) is 30.4 Å². The lowest BCUT2D eigenvalue weighted by molar-refractivity contribution is 0.444. The maximum Gasteiger partial charge on any atom is 0.340 e. The summed E-state index contributed by atoms with van der Waals surface area (Å²) in [5.41, 5.74) is 4.64. The van der Waals surface area contributed by atoms with E-state index in [-0.39, 0.29) is 11.5 Å². The molecule has 3 heterocycles. The van der Waals surface area contributed by atoms with Gasteiger partial charge in [0.2, 0.25) is 0 Å². The van der Waals surface area contributed by atoms with Crippen molar-refractivity contribution in [1.82, 2.24) is 0 Å². The summed E-state index contributed by atoms with van der Waals surface area (Å²) in [6, 6.07) is 8.69. The fourth-order valence-corrected chi connectivity index (χ4v) is 5.03. The lowest BCUT2D eigenvalue weighted by Crippen LogP contribution is -2.33. The lowest BCUT2D eigenvalue weighted by Gasteiger charge is -2.38. The fourth-order valence-electron chi connectivity index (χ4n) is 3.61. The van der Waals surface area contributed by atoms with E-state index in [1.54, 1.807) is 11.8 Å². The molecule has 2 atom stereocenters. The van der Waals surface area contributed by atoms with E-state index in [4.69, 9.17) is 4.42 Å². The summed E-state index contributed by atoms with van der Waals surface area (Å²) in [5, 5.41) is 3.51. The molecule has 0 saturated heterocycles. The molecule has 1 aromatic carbocycles. The molecule has 4 rings (SSSR count). The van der Waals surface area contributed by atoms with Crippen LogP contribution in [0, 0.1) is 6.92 Å². The number of aryl methyl sites for hydroxylation is 2. The summed E-state index contributed by atoms with van der Waals surface area (Å²) in [6.07, 6.45) is 1.04. The van der Waals surface area contributed by atoms with Gasteiger partial charge in [-0.3, -0.25) is 0 Å². The van der Waals surface area contributed by atoms with Crippen LogP contribution in [0.25, 0.3) is 0 Å². The molecule has 0 radical (unpaired) electrons. The van der Waals surface area contributed by atoms with Gasteiger partial charge in [-0.05, 0) is 36.6 Å². The number of rotatable bonds is 1. The van der Waals surface area contributed by atoms with E-state index in [1.807, 2.05) is 13.0 Å². The SMILES string of the molecule is CCc1ccc2c(c1)[C@H]1CSc3cc(C)oc(=O)c3[C@H]1CN2. The first-order valence-corrected chi connectivity index (χ1v) is 8.80. The Morgan fingerprint density at radius 2 is 2.18 bits per heavy atom. The maximum atomic E-state index is 12.4. The number of fused-ring (bicyclic) bond motifs is 5. The monoisotopic (exact) mass is 313 g/mol. The third-order valence-electron chi connectivity index (χ3n) is 4.78. The molecule has 114 valence electrons. The molecular weight excluding hydrogens is 294 g/mol. The zero-order chi connectivity index (χ0) is 15.3. The minimum atomic E-state index is -0.158. The Hall–Kier alpha value is -1.68. The van der Waals surface area contributed by atoms with Crippen molar-refractivity contribution in [3.8, 4) is 0 Å². The number of anilines is 1. The average Bonchev–Trinajstić information content (AvgIpc) is 2.53. The number of hydrogen-bond donors (Lipinski definition) is 1. The predicted molar refractivity (Wildman–Crippen MR) is 90.2 cm³/mol. The van der Waals surface area contributed by atoms with Crippen molar-refractivity contribution in [2.45, 2.75) is 37.0 Å². The van der Waals surface area contributed by atoms with E-state index in [1.165, 1.54) is 16.8 Å². The van der Waals surface area contributed by atoms with Gasteiger partial charge in [-0.25, -0.2) is 4.79 Å². The largest absolute Gasteiger partial charge is 0.428 e. The van der Waals surface area contributed by atoms with Crippen LogP contribution in [-0.2, 0) is 6.42 Å². The van der Waals surface area contributed by atoms with Crippen molar-refractivity contribution in [2.75, 3.05) is 17.6 Å². The van der Waals surface area contributed by atoms with Gasteiger partial charge in [0.25, 0.3) is 0 Å². The van der Waals surface area contributed by atoms with Crippen LogP contribution < -0.4 is 10.9 Å². The summed E-state index contributed by atoms with van der Waals surface area (Å²) in [6.45, 7) is 4.83. The van der Waals surface area contributed by atoms with E-state index in [0.717, 1.165) is 29.2 Å². The van der Waals surface area contributed by atoms with Crippen LogP contribution in [0.15, 0.2) is 38.4 Å². The van der Waals surface area contributed by atoms with Crippen molar-refractivity contribution in [1.29, 1.82) is 0 Å². The Morgan fingerprint density at radius 3 is 3.00 bits per heavy atom. The van der Waals surface area contributed by atoms with Gasteiger partial charge in [0, 0.05) is 34.7 Å². The highest BCUT2D eigenvalue weighted by Gasteiger charge is 2.37. The molecule has 0 saturated carbocycles. The van der Waals surface area contributed by atoms with Crippen molar-refractivity contribution in [3.05, 3.63) is 57.1 Å². The molecule has 0 fully saturated rings. The third kappa shape index (κ3) is 2.09. The lowest BCUT2D eigenvalue weighted by atomic mass is 9.79. The first kappa shape index (κ1) is 13.9. The molecule has 0 spiro atoms. The van der Waals surface area contributed by atoms with Gasteiger partial charge in [0.15, 0.2) is 0 Å². The molecule has 22 heavy (non-hydrogen) atoms. The Kier molecular flexibility index (Phi) is 3.30. The van der Waals surface area contributed by atoms with E-state index in [9.17, 15) is 4.79 Å². The molecule has 0 amide bonds. The molecular formula is C18H19NO2S. The number of nitrogens with one attached hydrogen (secondary N) is 1. The average molecular weight is 313 g/mol. The standard InChI is InChI=1S/C18H19NO2S/c1-3-11-4-5-15-12(7-11)14-9-22-16-6-10(2)21-18(20)17(16)13(14)8-19-15/h4-7,13-14,19H,3,8-9H2,1-2H3/t13-,14+/m0/s1. The molecule has 1 N–H and O–H groups in total. The quantitative estimate of drug-likeness (QED) is 0.867. The molecule has 0 unspecified atom stereocenters. The minimum Gasteiger partial charge on any atom is -0.428 e. The summed E-state index contributed by atoms with van der Waals surface area (Å²) in [7, 11) is 0. The second-order valence-corrected chi connectivity index (χ2v) is 7.16. The first-order chi connectivity index (χ1) is 10.7. The highest BCUT2D eigenvalue weighted by atomic mass is 32.2. The maximum absolute atomic E-state index is 12.4. The van der Waals surface area contributed by atoms with E-state index < -0.39 is 0 Å². The van der Waals surface area contributed by atoms with Crippen LogP contribution in [0.5, 0.6) is 0 Å². The Balaban J connectivity index is 1.84. The molecule has 0 aliphatic carbocycles. The van der Waals surface area contributed by atoms with E-state index in [0.29, 0.717) is 11.7 Å². The third-order valence-corrected chi connectivity index (χ3v) is 5.96. The van der Waals surface area contributed by atoms with Gasteiger partial charge < -0.3 is 9.73 Å². The fraction of sp³-hybridized carbons (Fsp3) is 0.389. The van der Waals surface area contributed by atoms with Crippen molar-refractivity contribution in [3.63, 3.8) is 0 Å². The van der Waals surface area contributed by atoms with Gasteiger partial charge in [-0.2, -0.15) is 0 Å². The minimum absolute atomic E-state index is 0.158. The second-order valence-electron chi connectivity index (χ2n) is 6.10. The second kappa shape index (κ2) is 5.20. The molecule has 2 aliphatic rings. The Morgan fingerprint density at radius 1 is 1.32 bits per heavy atom. The van der Waals surface area contributed by atoms with Gasteiger partial charge in [0.05, 0.1) is 5.56 Å². The molecule has 3 nitrogen and oxygen atoms in total. The summed E-state index contributed by atoms with van der Waals surface area (Å²) in [4.78, 5) is 13.5. The number of benzene rings is 1. The van der Waals surface area contributed by atoms with Gasteiger partial charge in [-0.1, -0.05) is 19.1 Å². The molecule has 4 heteroatoms. The number of hydrogen-bond acceptors (Lipinski definition) is 4. The van der Waals surface area contributed by atoms with Crippen molar-refractivity contribution >= 4 is 17.4 Å². The van der Waals surface area contributed by atoms with Crippen LogP contribution in [-0.4, -0.2) is 12.3 Å². The van der Waals surface area contributed by atoms with E-state index >= 15 is 0 Å². The number of thioether (sulfide) groups is 1. The van der Waals surface area contributed by atoms with Crippen LogP contribution >= 0.6 is 11.8 Å². The zero-order valence-corrected chi connectivity index (χ0v) is 13.6. The topological polar surface area (TPSA) is 42.2 Å². The Labute approximate surface area is 134 Å². The molecule has 2 aromatic rings. The van der Waals surface area contributed by atoms with Gasteiger partial charge in [0.1, 0.15) is 5.76 Å². The summed E-state index contributed by atoms with van der Waals surface area (Å²) < 4.78 is 5.36. The van der Waals surface area contributed by atoms with Crippen molar-refractivity contribution < 1.29 is 4.42 Å². The summed E-state index contributed by atoms with van der Waals surface area (Å²) >= 11 is 1.79. The smallest absolute Gasteiger partial charge is 0.340 e. The van der Waals surface area contributed by atoms with Gasteiger partial charge >= 0.3 is 5.63 Å². The van der Waals surface area contributed by atoms with Crippen LogP contribution in [0.4, 0.5) is 5.69 Å². The molecule has 1 aromatic heterocycles. The van der Waals surface area contributed by atoms with Gasteiger partial charge in [-0.15, -0.1) is 11.8 Å². The predicted octanol–water partition coefficient (Wildman–Crippen LogP) is 3.91. The first-order valence-electron chi connectivity index (χ1n) is 7.81. The van der Waals surface area contributed by atoms with Crippen LogP contribution in [0.2, 0.25) is 0 Å². The highest BCUT2D eigenvalue weighted by Crippen LogP contribution is 2.48. The molecule has 0 bridgehead atoms. The van der Waals surface area contributed by atoms with Crippen molar-refractivity contribution in [2.24, 2.45) is 0 Å². The Bertz CT molecular complexity index is 796. The van der Waals surface area contributed by atoms with Crippen LogP contribution in [0.1, 0.15) is 41.2 Å². The highest BCUT2D eigenvalue weighted by molar-refractivity contribution is 7.99.